The number of thiocarbonyl (C=S) groups is 1. The largest absolute Gasteiger partial charge is 0.356 e. The zero-order chi connectivity index (χ0) is 22.5. The van der Waals surface area contributed by atoms with Gasteiger partial charge >= 0.3 is 0 Å². The zero-order valence-corrected chi connectivity index (χ0v) is 20.4. The summed E-state index contributed by atoms with van der Waals surface area (Å²) in [5.74, 6) is 3.91. The lowest BCUT2D eigenvalue weighted by atomic mass is 9.92. The molecule has 2 N–H and O–H groups in total. The van der Waals surface area contributed by atoms with Gasteiger partial charge in [-0.05, 0) is 62.2 Å². The van der Waals surface area contributed by atoms with Crippen molar-refractivity contribution in [2.75, 3.05) is 41.3 Å². The lowest BCUT2D eigenvalue weighted by Crippen LogP contribution is -2.40. The molecule has 0 bridgehead atoms. The minimum absolute atomic E-state index is 0.102. The fraction of sp³-hybridized carbons (Fsp3) is 0.560. The van der Waals surface area contributed by atoms with Crippen LogP contribution in [0.2, 0.25) is 0 Å². The Hall–Kier alpha value is -2.41. The van der Waals surface area contributed by atoms with Gasteiger partial charge in [-0.25, -0.2) is 0 Å². The predicted octanol–water partition coefficient (Wildman–Crippen LogP) is 5.00. The Morgan fingerprint density at radius 2 is 1.59 bits per heavy atom. The summed E-state index contributed by atoms with van der Waals surface area (Å²) in [6.07, 6.45) is 5.01. The van der Waals surface area contributed by atoms with Gasteiger partial charge < -0.3 is 20.4 Å². The van der Waals surface area contributed by atoms with Crippen molar-refractivity contribution in [3.63, 3.8) is 0 Å². The fourth-order valence-corrected chi connectivity index (χ4v) is 5.20. The Kier molecular flexibility index (Phi) is 7.45. The number of benzene rings is 1. The van der Waals surface area contributed by atoms with Crippen LogP contribution >= 0.6 is 12.2 Å². The highest BCUT2D eigenvalue weighted by atomic mass is 32.1. The van der Waals surface area contributed by atoms with Crippen LogP contribution in [0.1, 0.15) is 58.1 Å². The van der Waals surface area contributed by atoms with Crippen LogP contribution in [0.15, 0.2) is 36.4 Å². The molecule has 1 aromatic heterocycles. The minimum Gasteiger partial charge on any atom is -0.356 e. The number of aromatic nitrogens is 2. The maximum absolute atomic E-state index is 5.62. The number of hydrogen-bond donors (Lipinski definition) is 2. The van der Waals surface area contributed by atoms with Gasteiger partial charge in [0.1, 0.15) is 11.6 Å². The summed E-state index contributed by atoms with van der Waals surface area (Å²) in [6, 6.07) is 12.6. The molecule has 2 fully saturated rings. The maximum Gasteiger partial charge on any atom is 0.232 e. The first-order valence-corrected chi connectivity index (χ1v) is 12.4. The van der Waals surface area contributed by atoms with E-state index in [-0.39, 0.29) is 6.04 Å². The molecule has 2 aromatic rings. The molecule has 6 nitrogen and oxygen atoms in total. The molecule has 2 aliphatic rings. The van der Waals surface area contributed by atoms with Crippen molar-refractivity contribution >= 4 is 34.9 Å². The number of nitrogens with zero attached hydrogens (tertiary/aromatic N) is 4. The molecule has 0 radical (unpaired) electrons. The van der Waals surface area contributed by atoms with E-state index in [0.717, 1.165) is 37.8 Å². The van der Waals surface area contributed by atoms with Crippen molar-refractivity contribution in [1.82, 2.24) is 15.3 Å². The number of nitrogens with one attached hydrogen (secondary N) is 2. The second-order valence-electron chi connectivity index (χ2n) is 9.54. The van der Waals surface area contributed by atoms with E-state index in [0.29, 0.717) is 22.9 Å². The van der Waals surface area contributed by atoms with Crippen LogP contribution in [0.25, 0.3) is 0 Å². The van der Waals surface area contributed by atoms with Crippen LogP contribution in [0.5, 0.6) is 0 Å². The molecule has 3 atom stereocenters. The lowest BCUT2D eigenvalue weighted by molar-refractivity contribution is 0.355. The predicted molar refractivity (Wildman–Crippen MR) is 137 cm³/mol. The van der Waals surface area contributed by atoms with Gasteiger partial charge in [-0.15, -0.1) is 0 Å². The number of hydrogen-bond acceptors (Lipinski definition) is 5. The van der Waals surface area contributed by atoms with Crippen LogP contribution in [0.3, 0.4) is 0 Å². The molecule has 0 amide bonds. The molecule has 2 aliphatic heterocycles. The van der Waals surface area contributed by atoms with Crippen LogP contribution in [0, 0.1) is 11.8 Å². The Morgan fingerprint density at radius 3 is 2.25 bits per heavy atom. The quantitative estimate of drug-likeness (QED) is 0.619. The van der Waals surface area contributed by atoms with Crippen LogP contribution in [-0.4, -0.2) is 41.3 Å². The van der Waals surface area contributed by atoms with Gasteiger partial charge in [-0.1, -0.05) is 44.2 Å². The Balaban J connectivity index is 1.53. The molecule has 7 heteroatoms. The molecule has 0 saturated carbocycles. The summed E-state index contributed by atoms with van der Waals surface area (Å²) in [6.45, 7) is 10.9. The molecule has 0 aliphatic carbocycles. The van der Waals surface area contributed by atoms with Crippen LogP contribution in [0.4, 0.5) is 17.6 Å². The monoisotopic (exact) mass is 452 g/mol. The molecule has 172 valence electrons. The SMILES string of the molecule is CC1CC(C)CN(c2cc(N3CCCCC3)nc(NC(=S)NC(C)c3ccccc3)n2)C1. The molecule has 32 heavy (non-hydrogen) atoms. The van der Waals surface area contributed by atoms with Gasteiger partial charge in [0.05, 0.1) is 6.04 Å². The number of rotatable bonds is 5. The maximum atomic E-state index is 5.62. The van der Waals surface area contributed by atoms with Crippen molar-refractivity contribution < 1.29 is 0 Å². The molecule has 1 aromatic carbocycles. The minimum atomic E-state index is 0.102. The van der Waals surface area contributed by atoms with Crippen molar-refractivity contribution in [1.29, 1.82) is 0 Å². The van der Waals surface area contributed by atoms with Gasteiger partial charge in [0.25, 0.3) is 0 Å². The summed E-state index contributed by atoms with van der Waals surface area (Å²) < 4.78 is 0. The van der Waals surface area contributed by atoms with E-state index in [1.807, 2.05) is 18.2 Å². The van der Waals surface area contributed by atoms with E-state index < -0.39 is 0 Å². The van der Waals surface area contributed by atoms with E-state index in [4.69, 9.17) is 22.2 Å². The van der Waals surface area contributed by atoms with Crippen molar-refractivity contribution in [2.24, 2.45) is 11.8 Å². The third-order valence-corrected chi connectivity index (χ3v) is 6.66. The van der Waals surface area contributed by atoms with Gasteiger partial charge in [0, 0.05) is 32.2 Å². The van der Waals surface area contributed by atoms with E-state index >= 15 is 0 Å². The summed E-state index contributed by atoms with van der Waals surface area (Å²) in [5, 5.41) is 7.18. The molecule has 0 spiro atoms. The highest BCUT2D eigenvalue weighted by Crippen LogP contribution is 2.29. The standard InChI is InChI=1S/C25H36N6S/c1-18-14-19(2)17-31(16-18)23-15-22(30-12-8-5-9-13-30)27-24(28-23)29-25(32)26-20(3)21-10-6-4-7-11-21/h4,6-7,10-11,15,18-20H,5,8-9,12-14,16-17H2,1-3H3,(H2,26,27,28,29,32). The van der Waals surface area contributed by atoms with Crippen LogP contribution < -0.4 is 20.4 Å². The van der Waals surface area contributed by atoms with Crippen LogP contribution in [-0.2, 0) is 0 Å². The first-order valence-electron chi connectivity index (χ1n) is 12.0. The average Bonchev–Trinajstić information content (AvgIpc) is 2.79. The Morgan fingerprint density at radius 1 is 0.969 bits per heavy atom. The third-order valence-electron chi connectivity index (χ3n) is 6.44. The molecule has 4 rings (SSSR count). The molecule has 2 saturated heterocycles. The lowest BCUT2D eigenvalue weighted by Gasteiger charge is -2.36. The fourth-order valence-electron chi connectivity index (χ4n) is 4.93. The van der Waals surface area contributed by atoms with Gasteiger partial charge in [-0.2, -0.15) is 9.97 Å². The van der Waals surface area contributed by atoms with Crippen molar-refractivity contribution in [2.45, 2.75) is 52.5 Å². The molecule has 3 heterocycles. The van der Waals surface area contributed by atoms with E-state index in [1.165, 1.54) is 31.2 Å². The highest BCUT2D eigenvalue weighted by molar-refractivity contribution is 7.80. The summed E-state index contributed by atoms with van der Waals surface area (Å²) >= 11 is 5.62. The number of piperidine rings is 2. The summed E-state index contributed by atoms with van der Waals surface area (Å²) in [7, 11) is 0. The zero-order valence-electron chi connectivity index (χ0n) is 19.6. The third kappa shape index (κ3) is 5.88. The average molecular weight is 453 g/mol. The van der Waals surface area contributed by atoms with E-state index in [9.17, 15) is 0 Å². The summed E-state index contributed by atoms with van der Waals surface area (Å²) in [4.78, 5) is 14.6. The Bertz CT molecular complexity index is 889. The Labute approximate surface area is 197 Å². The highest BCUT2D eigenvalue weighted by Gasteiger charge is 2.25. The molecular formula is C25H36N6S. The second kappa shape index (κ2) is 10.5. The van der Waals surface area contributed by atoms with Crippen molar-refractivity contribution in [3.05, 3.63) is 42.0 Å². The first-order chi connectivity index (χ1) is 15.5. The van der Waals surface area contributed by atoms with E-state index in [1.54, 1.807) is 0 Å². The summed E-state index contributed by atoms with van der Waals surface area (Å²) in [5.41, 5.74) is 1.19. The van der Waals surface area contributed by atoms with Crippen molar-refractivity contribution in [3.8, 4) is 0 Å². The van der Waals surface area contributed by atoms with Gasteiger partial charge in [0.15, 0.2) is 5.11 Å². The van der Waals surface area contributed by atoms with E-state index in [2.05, 4.69) is 59.4 Å². The second-order valence-corrected chi connectivity index (χ2v) is 9.95. The van der Waals surface area contributed by atoms with Gasteiger partial charge in [-0.3, -0.25) is 0 Å². The van der Waals surface area contributed by atoms with Gasteiger partial charge in [0.2, 0.25) is 5.95 Å². The molecular weight excluding hydrogens is 416 g/mol. The smallest absolute Gasteiger partial charge is 0.232 e. The first kappa shape index (κ1) is 22.8. The topological polar surface area (TPSA) is 56.3 Å². The molecule has 3 unspecified atom stereocenters. The number of anilines is 3. The normalized spacial score (nSPS) is 22.3.